The summed E-state index contributed by atoms with van der Waals surface area (Å²) in [5.41, 5.74) is 1.89. The molecule has 0 radical (unpaired) electrons. The number of hydrogen-bond acceptors (Lipinski definition) is 3. The van der Waals surface area contributed by atoms with Crippen molar-refractivity contribution in [3.8, 4) is 0 Å². The van der Waals surface area contributed by atoms with Crippen LogP contribution in [0, 0.1) is 11.6 Å². The van der Waals surface area contributed by atoms with Crippen molar-refractivity contribution >= 4 is 16.8 Å². The highest BCUT2D eigenvalue weighted by molar-refractivity contribution is 5.79. The summed E-state index contributed by atoms with van der Waals surface area (Å²) in [6.45, 7) is 1.15. The molecular weight excluding hydrogens is 348 g/mol. The van der Waals surface area contributed by atoms with Crippen molar-refractivity contribution in [3.63, 3.8) is 0 Å². The summed E-state index contributed by atoms with van der Waals surface area (Å²) in [5, 5.41) is 0.978. The highest BCUT2D eigenvalue weighted by atomic mass is 19.1. The third-order valence-corrected chi connectivity index (χ3v) is 5.05. The van der Waals surface area contributed by atoms with E-state index in [9.17, 15) is 13.6 Å². The number of hydrogen-bond donors (Lipinski definition) is 0. The Morgan fingerprint density at radius 2 is 2.07 bits per heavy atom. The Morgan fingerprint density at radius 3 is 2.96 bits per heavy atom. The van der Waals surface area contributed by atoms with Crippen LogP contribution in [-0.2, 0) is 11.2 Å². The minimum atomic E-state index is -0.555. The van der Waals surface area contributed by atoms with Crippen molar-refractivity contribution < 1.29 is 13.6 Å². The number of piperidine rings is 1. The second-order valence-electron chi connectivity index (χ2n) is 6.90. The molecule has 3 aromatic rings. The Kier molecular flexibility index (Phi) is 4.79. The van der Waals surface area contributed by atoms with Crippen LogP contribution in [0.1, 0.15) is 30.0 Å². The van der Waals surface area contributed by atoms with Gasteiger partial charge in [-0.05, 0) is 49.2 Å². The van der Waals surface area contributed by atoms with Crippen LogP contribution in [-0.4, -0.2) is 33.9 Å². The van der Waals surface area contributed by atoms with Crippen LogP contribution in [0.25, 0.3) is 10.9 Å². The van der Waals surface area contributed by atoms with Crippen molar-refractivity contribution in [2.24, 2.45) is 0 Å². The van der Waals surface area contributed by atoms with Gasteiger partial charge in [0.2, 0.25) is 5.91 Å². The van der Waals surface area contributed by atoms with Crippen LogP contribution >= 0.6 is 0 Å². The fourth-order valence-corrected chi connectivity index (χ4v) is 3.60. The molecule has 2 aromatic heterocycles. The summed E-state index contributed by atoms with van der Waals surface area (Å²) >= 11 is 0. The number of likely N-dealkylation sites (tertiary alicyclic amines) is 1. The molecule has 0 bridgehead atoms. The summed E-state index contributed by atoms with van der Waals surface area (Å²) in [6, 6.07) is 9.01. The van der Waals surface area contributed by atoms with Crippen molar-refractivity contribution in [3.05, 3.63) is 71.7 Å². The average Bonchev–Trinajstić information content (AvgIpc) is 2.70. The molecule has 3 heterocycles. The van der Waals surface area contributed by atoms with Crippen LogP contribution in [0.15, 0.2) is 48.8 Å². The summed E-state index contributed by atoms with van der Waals surface area (Å²) in [7, 11) is 0. The fraction of sp³-hybridized carbons (Fsp3) is 0.286. The van der Waals surface area contributed by atoms with E-state index in [0.717, 1.165) is 47.6 Å². The normalized spacial score (nSPS) is 17.3. The Labute approximate surface area is 155 Å². The molecule has 6 heteroatoms. The summed E-state index contributed by atoms with van der Waals surface area (Å²) in [4.78, 5) is 23.3. The number of aromatic nitrogens is 2. The van der Waals surface area contributed by atoms with Crippen molar-refractivity contribution in [1.82, 2.24) is 14.9 Å². The van der Waals surface area contributed by atoms with Gasteiger partial charge in [-0.15, -0.1) is 0 Å². The van der Waals surface area contributed by atoms with Gasteiger partial charge in [0, 0.05) is 48.0 Å². The Morgan fingerprint density at radius 1 is 1.19 bits per heavy atom. The number of amides is 1. The quantitative estimate of drug-likeness (QED) is 0.706. The van der Waals surface area contributed by atoms with Gasteiger partial charge in [-0.3, -0.25) is 14.8 Å². The van der Waals surface area contributed by atoms with E-state index < -0.39 is 11.6 Å². The molecule has 1 aliphatic rings. The third kappa shape index (κ3) is 3.79. The van der Waals surface area contributed by atoms with E-state index in [1.807, 2.05) is 18.2 Å². The first kappa shape index (κ1) is 17.5. The van der Waals surface area contributed by atoms with Crippen LogP contribution in [0.2, 0.25) is 0 Å². The zero-order valence-corrected chi connectivity index (χ0v) is 14.7. The molecule has 4 nitrogen and oxygen atoms in total. The maximum absolute atomic E-state index is 13.8. The van der Waals surface area contributed by atoms with E-state index in [2.05, 4.69) is 9.97 Å². The number of nitrogens with zero attached hydrogens (tertiary/aromatic N) is 3. The van der Waals surface area contributed by atoms with Crippen molar-refractivity contribution in [1.29, 1.82) is 0 Å². The van der Waals surface area contributed by atoms with Crippen molar-refractivity contribution in [2.45, 2.75) is 25.2 Å². The van der Waals surface area contributed by atoms with Crippen LogP contribution < -0.4 is 0 Å². The van der Waals surface area contributed by atoms with E-state index in [-0.39, 0.29) is 23.8 Å². The number of pyridine rings is 2. The smallest absolute Gasteiger partial charge is 0.227 e. The Hall–Kier alpha value is -2.89. The van der Waals surface area contributed by atoms with E-state index in [1.165, 1.54) is 0 Å². The number of carbonyl (C=O) groups excluding carboxylic acids is 1. The maximum atomic E-state index is 13.8. The van der Waals surface area contributed by atoms with E-state index >= 15 is 0 Å². The molecule has 4 rings (SSSR count). The Bertz CT molecular complexity index is 992. The van der Waals surface area contributed by atoms with E-state index in [1.54, 1.807) is 17.3 Å². The largest absolute Gasteiger partial charge is 0.342 e. The number of benzene rings is 1. The molecule has 27 heavy (non-hydrogen) atoms. The maximum Gasteiger partial charge on any atom is 0.227 e. The standard InChI is InChI=1S/C21H19F2N3O/c22-17-5-6-18(23)16(9-17)10-21(27)26-8-2-4-15(13-26)20-11-19-14(12-25-20)3-1-7-24-19/h1,3,5-7,9,11-12,15H,2,4,8,10,13H2/t15-/m0/s1. The first-order chi connectivity index (χ1) is 13.1. The minimum absolute atomic E-state index is 0.0927. The first-order valence-electron chi connectivity index (χ1n) is 9.02. The molecule has 0 aliphatic carbocycles. The van der Waals surface area contributed by atoms with Crippen molar-refractivity contribution in [2.75, 3.05) is 13.1 Å². The monoisotopic (exact) mass is 367 g/mol. The van der Waals surface area contributed by atoms with Gasteiger partial charge in [0.1, 0.15) is 11.6 Å². The predicted molar refractivity (Wildman–Crippen MR) is 98.2 cm³/mol. The molecule has 138 valence electrons. The average molecular weight is 367 g/mol. The SMILES string of the molecule is O=C(Cc1cc(F)ccc1F)N1CCC[C@H](c2cc3ncccc3cn2)C1. The lowest BCUT2D eigenvalue weighted by atomic mass is 9.93. The molecule has 1 amide bonds. The van der Waals surface area contributed by atoms with Crippen LogP contribution in [0.3, 0.4) is 0 Å². The van der Waals surface area contributed by atoms with Gasteiger partial charge in [-0.1, -0.05) is 0 Å². The molecule has 0 unspecified atom stereocenters. The van der Waals surface area contributed by atoms with Gasteiger partial charge in [0.15, 0.2) is 0 Å². The zero-order valence-electron chi connectivity index (χ0n) is 14.7. The topological polar surface area (TPSA) is 46.1 Å². The summed E-state index contributed by atoms with van der Waals surface area (Å²) in [5.74, 6) is -1.17. The first-order valence-corrected chi connectivity index (χ1v) is 9.02. The molecule has 1 aromatic carbocycles. The van der Waals surface area contributed by atoms with E-state index in [0.29, 0.717) is 13.1 Å². The molecule has 0 N–H and O–H groups in total. The number of rotatable bonds is 3. The second kappa shape index (κ2) is 7.39. The predicted octanol–water partition coefficient (Wildman–Crippen LogP) is 3.86. The molecular formula is C21H19F2N3O. The molecule has 1 saturated heterocycles. The van der Waals surface area contributed by atoms with Gasteiger partial charge >= 0.3 is 0 Å². The molecule has 1 aliphatic heterocycles. The lowest BCUT2D eigenvalue weighted by Crippen LogP contribution is -2.40. The fourth-order valence-electron chi connectivity index (χ4n) is 3.60. The Balaban J connectivity index is 1.50. The van der Waals surface area contributed by atoms with Crippen LogP contribution in [0.5, 0.6) is 0 Å². The molecule has 0 spiro atoms. The summed E-state index contributed by atoms with van der Waals surface area (Å²) in [6.07, 6.45) is 5.20. The number of fused-ring (bicyclic) bond motifs is 1. The highest BCUT2D eigenvalue weighted by Crippen LogP contribution is 2.27. The number of carbonyl (C=O) groups is 1. The molecule has 1 fully saturated rings. The third-order valence-electron chi connectivity index (χ3n) is 5.05. The van der Waals surface area contributed by atoms with Gasteiger partial charge in [-0.25, -0.2) is 8.78 Å². The van der Waals surface area contributed by atoms with Gasteiger partial charge in [-0.2, -0.15) is 0 Å². The zero-order chi connectivity index (χ0) is 18.8. The lowest BCUT2D eigenvalue weighted by Gasteiger charge is -2.32. The van der Waals surface area contributed by atoms with Gasteiger partial charge in [0.05, 0.1) is 11.9 Å². The van der Waals surface area contributed by atoms with E-state index in [4.69, 9.17) is 0 Å². The van der Waals surface area contributed by atoms with Crippen LogP contribution in [0.4, 0.5) is 8.78 Å². The highest BCUT2D eigenvalue weighted by Gasteiger charge is 2.26. The molecule has 0 saturated carbocycles. The number of halogens is 2. The minimum Gasteiger partial charge on any atom is -0.342 e. The van der Waals surface area contributed by atoms with Gasteiger partial charge < -0.3 is 4.90 Å². The summed E-state index contributed by atoms with van der Waals surface area (Å²) < 4.78 is 27.2. The molecule has 1 atom stereocenters. The van der Waals surface area contributed by atoms with Gasteiger partial charge in [0.25, 0.3) is 0 Å². The second-order valence-corrected chi connectivity index (χ2v) is 6.90. The lowest BCUT2D eigenvalue weighted by molar-refractivity contribution is -0.131.